The second kappa shape index (κ2) is 9.49. The van der Waals surface area contributed by atoms with Gasteiger partial charge in [-0.1, -0.05) is 28.1 Å². The second-order valence-corrected chi connectivity index (χ2v) is 10.9. The molecule has 2 atom stereocenters. The van der Waals surface area contributed by atoms with Gasteiger partial charge in [0, 0.05) is 16.9 Å². The standard InChI is InChI=1S/C22H27BrN2O4S/c1-25(2)17(13-15-3-7-18(26)8-4-15)6-10-22(27)24-20-11-12-30(28,29)21-9-5-16(23)14-19(20)21/h3-5,7-9,14,17,20,26H,6,10-13H2,1-2H3,(H,24,27)/t17-,20?/m1/s1. The van der Waals surface area contributed by atoms with E-state index in [1.807, 2.05) is 26.2 Å². The zero-order valence-corrected chi connectivity index (χ0v) is 19.5. The number of hydrogen-bond acceptors (Lipinski definition) is 5. The van der Waals surface area contributed by atoms with Gasteiger partial charge in [-0.2, -0.15) is 0 Å². The number of nitrogens with one attached hydrogen (secondary N) is 1. The van der Waals surface area contributed by atoms with E-state index < -0.39 is 9.84 Å². The fourth-order valence-corrected chi connectivity index (χ4v) is 5.75. The highest BCUT2D eigenvalue weighted by Crippen LogP contribution is 2.34. The van der Waals surface area contributed by atoms with Crippen molar-refractivity contribution in [1.29, 1.82) is 0 Å². The molecule has 0 aliphatic carbocycles. The van der Waals surface area contributed by atoms with Gasteiger partial charge in [0.1, 0.15) is 5.75 Å². The van der Waals surface area contributed by atoms with Gasteiger partial charge in [0.05, 0.1) is 16.7 Å². The van der Waals surface area contributed by atoms with Crippen LogP contribution in [0.1, 0.15) is 36.4 Å². The van der Waals surface area contributed by atoms with Crippen molar-refractivity contribution in [3.05, 3.63) is 58.1 Å². The molecule has 1 unspecified atom stereocenters. The third kappa shape index (κ3) is 5.62. The first-order chi connectivity index (χ1) is 14.2. The average molecular weight is 495 g/mol. The molecule has 0 radical (unpaired) electrons. The molecular formula is C22H27BrN2O4S. The van der Waals surface area contributed by atoms with Crippen LogP contribution in [0.25, 0.3) is 0 Å². The number of fused-ring (bicyclic) bond motifs is 1. The van der Waals surface area contributed by atoms with E-state index in [1.165, 1.54) is 0 Å². The molecule has 162 valence electrons. The van der Waals surface area contributed by atoms with Crippen LogP contribution in [0.5, 0.6) is 5.75 Å². The number of amides is 1. The molecule has 3 rings (SSSR count). The maximum atomic E-state index is 12.7. The van der Waals surface area contributed by atoms with Crippen molar-refractivity contribution in [1.82, 2.24) is 10.2 Å². The van der Waals surface area contributed by atoms with Crippen molar-refractivity contribution in [2.45, 2.75) is 42.7 Å². The van der Waals surface area contributed by atoms with Gasteiger partial charge < -0.3 is 15.3 Å². The number of sulfone groups is 1. The van der Waals surface area contributed by atoms with Crippen LogP contribution in [0, 0.1) is 0 Å². The lowest BCUT2D eigenvalue weighted by atomic mass is 9.99. The predicted molar refractivity (Wildman–Crippen MR) is 120 cm³/mol. The highest BCUT2D eigenvalue weighted by molar-refractivity contribution is 9.10. The van der Waals surface area contributed by atoms with Gasteiger partial charge in [-0.05, 0) is 74.8 Å². The number of carbonyl (C=O) groups excluding carboxylic acids is 1. The summed E-state index contributed by atoms with van der Waals surface area (Å²) in [6.45, 7) is 0. The van der Waals surface area contributed by atoms with Crippen LogP contribution >= 0.6 is 15.9 Å². The van der Waals surface area contributed by atoms with Crippen LogP contribution in [-0.4, -0.2) is 50.2 Å². The van der Waals surface area contributed by atoms with E-state index in [1.54, 1.807) is 30.3 Å². The van der Waals surface area contributed by atoms with Crippen molar-refractivity contribution in [3.8, 4) is 5.75 Å². The minimum atomic E-state index is -3.30. The Hall–Kier alpha value is -1.90. The van der Waals surface area contributed by atoms with Crippen LogP contribution in [0.15, 0.2) is 51.8 Å². The third-order valence-electron chi connectivity index (χ3n) is 5.54. The summed E-state index contributed by atoms with van der Waals surface area (Å²) in [5, 5.41) is 12.5. The molecule has 1 heterocycles. The number of aromatic hydroxyl groups is 1. The number of hydrogen-bond donors (Lipinski definition) is 2. The van der Waals surface area contributed by atoms with Crippen molar-refractivity contribution in [3.63, 3.8) is 0 Å². The number of halogens is 1. The van der Waals surface area contributed by atoms with Crippen molar-refractivity contribution < 1.29 is 18.3 Å². The zero-order valence-electron chi connectivity index (χ0n) is 17.1. The lowest BCUT2D eigenvalue weighted by Gasteiger charge is -2.28. The molecule has 1 aliphatic heterocycles. The summed E-state index contributed by atoms with van der Waals surface area (Å²) in [4.78, 5) is 15.1. The van der Waals surface area contributed by atoms with E-state index in [4.69, 9.17) is 0 Å². The molecule has 2 aromatic carbocycles. The first-order valence-corrected chi connectivity index (χ1v) is 12.4. The van der Waals surface area contributed by atoms with Crippen molar-refractivity contribution >= 4 is 31.7 Å². The van der Waals surface area contributed by atoms with Crippen molar-refractivity contribution in [2.75, 3.05) is 19.8 Å². The monoisotopic (exact) mass is 494 g/mol. The largest absolute Gasteiger partial charge is 0.508 e. The molecule has 0 aromatic heterocycles. The smallest absolute Gasteiger partial charge is 0.220 e. The Morgan fingerprint density at radius 1 is 1.23 bits per heavy atom. The molecular weight excluding hydrogens is 468 g/mol. The summed E-state index contributed by atoms with van der Waals surface area (Å²) in [7, 11) is 0.679. The number of carbonyl (C=O) groups is 1. The summed E-state index contributed by atoms with van der Waals surface area (Å²) in [6.07, 6.45) is 2.18. The van der Waals surface area contributed by atoms with Gasteiger partial charge in [-0.3, -0.25) is 4.79 Å². The van der Waals surface area contributed by atoms with Gasteiger partial charge in [0.15, 0.2) is 9.84 Å². The molecule has 6 nitrogen and oxygen atoms in total. The summed E-state index contributed by atoms with van der Waals surface area (Å²) in [5.74, 6) is 0.192. The highest BCUT2D eigenvalue weighted by Gasteiger charge is 2.31. The van der Waals surface area contributed by atoms with Crippen LogP contribution < -0.4 is 5.32 Å². The van der Waals surface area contributed by atoms with E-state index in [0.29, 0.717) is 29.7 Å². The number of phenolic OH excluding ortho intramolecular Hbond substituents is 1. The van der Waals surface area contributed by atoms with E-state index in [2.05, 4.69) is 26.1 Å². The van der Waals surface area contributed by atoms with Gasteiger partial charge in [-0.25, -0.2) is 8.42 Å². The molecule has 0 saturated carbocycles. The van der Waals surface area contributed by atoms with Crippen molar-refractivity contribution in [2.24, 2.45) is 0 Å². The molecule has 2 N–H and O–H groups in total. The molecule has 0 spiro atoms. The summed E-state index contributed by atoms with van der Waals surface area (Å²) >= 11 is 3.39. The van der Waals surface area contributed by atoms with Crippen LogP contribution in [0.3, 0.4) is 0 Å². The zero-order chi connectivity index (χ0) is 21.9. The van der Waals surface area contributed by atoms with Crippen LogP contribution in [0.2, 0.25) is 0 Å². The molecule has 8 heteroatoms. The van der Waals surface area contributed by atoms with E-state index in [-0.39, 0.29) is 29.5 Å². The Morgan fingerprint density at radius 2 is 1.93 bits per heavy atom. The molecule has 0 bridgehead atoms. The van der Waals surface area contributed by atoms with Gasteiger partial charge >= 0.3 is 0 Å². The first-order valence-electron chi connectivity index (χ1n) is 9.91. The molecule has 0 fully saturated rings. The molecule has 30 heavy (non-hydrogen) atoms. The van der Waals surface area contributed by atoms with Gasteiger partial charge in [0.2, 0.25) is 5.91 Å². The second-order valence-electron chi connectivity index (χ2n) is 7.94. The summed E-state index contributed by atoms with van der Waals surface area (Å²) < 4.78 is 25.5. The summed E-state index contributed by atoms with van der Waals surface area (Å²) in [5.41, 5.74) is 1.75. The maximum Gasteiger partial charge on any atom is 0.220 e. The molecule has 1 aliphatic rings. The minimum Gasteiger partial charge on any atom is -0.508 e. The fraction of sp³-hybridized carbons (Fsp3) is 0.409. The molecule has 2 aromatic rings. The van der Waals surface area contributed by atoms with E-state index in [9.17, 15) is 18.3 Å². The average Bonchev–Trinajstić information content (AvgIpc) is 2.68. The molecule has 0 saturated heterocycles. The lowest BCUT2D eigenvalue weighted by Crippen LogP contribution is -2.36. The lowest BCUT2D eigenvalue weighted by molar-refractivity contribution is -0.122. The fourth-order valence-electron chi connectivity index (χ4n) is 3.77. The first kappa shape index (κ1) is 22.8. The van der Waals surface area contributed by atoms with Crippen LogP contribution in [-0.2, 0) is 21.1 Å². The van der Waals surface area contributed by atoms with E-state index >= 15 is 0 Å². The SMILES string of the molecule is CN(C)[C@H](CCC(=O)NC1CCS(=O)(=O)c2ccc(Br)cc21)Cc1ccc(O)cc1. The number of nitrogens with zero attached hydrogens (tertiary/aromatic N) is 1. The third-order valence-corrected chi connectivity index (χ3v) is 7.84. The Bertz CT molecular complexity index is 1010. The Morgan fingerprint density at radius 3 is 2.60 bits per heavy atom. The van der Waals surface area contributed by atoms with Gasteiger partial charge in [0.25, 0.3) is 0 Å². The Kier molecular flexibility index (Phi) is 7.21. The topological polar surface area (TPSA) is 86.7 Å². The number of benzene rings is 2. The molecule has 1 amide bonds. The minimum absolute atomic E-state index is 0.0355. The maximum absolute atomic E-state index is 12.7. The van der Waals surface area contributed by atoms with E-state index in [0.717, 1.165) is 16.5 Å². The highest BCUT2D eigenvalue weighted by atomic mass is 79.9. The normalized spacial score (nSPS) is 18.6. The number of rotatable bonds is 7. The quantitative estimate of drug-likeness (QED) is 0.615. The predicted octanol–water partition coefficient (Wildman–Crippen LogP) is 3.44. The number of likely N-dealkylation sites (N-methyl/N-ethyl adjacent to an activating group) is 1. The van der Waals surface area contributed by atoms with Gasteiger partial charge in [-0.15, -0.1) is 0 Å². The van der Waals surface area contributed by atoms with Crippen LogP contribution in [0.4, 0.5) is 0 Å². The Balaban J connectivity index is 1.63. The Labute approximate surface area is 186 Å². The number of phenols is 1. The summed E-state index contributed by atoms with van der Waals surface area (Å²) in [6, 6.07) is 12.1.